The Labute approximate surface area is 121 Å². The Morgan fingerprint density at radius 3 is 2.65 bits per heavy atom. The molecular weight excluding hydrogens is 274 g/mol. The van der Waals surface area contributed by atoms with E-state index in [1.807, 2.05) is 20.8 Å². The average Bonchev–Trinajstić information content (AvgIpc) is 2.40. The molecule has 0 fully saturated rings. The molecule has 1 aromatic carbocycles. The van der Waals surface area contributed by atoms with Crippen LogP contribution in [0.2, 0.25) is 0 Å². The van der Waals surface area contributed by atoms with Crippen LogP contribution in [-0.4, -0.2) is 26.2 Å². The van der Waals surface area contributed by atoms with Crippen LogP contribution >= 0.6 is 0 Å². The van der Waals surface area contributed by atoms with Gasteiger partial charge in [-0.25, -0.2) is 13.1 Å². The second-order valence-corrected chi connectivity index (χ2v) is 6.40. The molecule has 0 saturated carbocycles. The molecule has 0 amide bonds. The number of hydrogen-bond acceptors (Lipinski definition) is 3. The second-order valence-electron chi connectivity index (χ2n) is 4.68. The topological polar surface area (TPSA) is 66.4 Å². The highest BCUT2D eigenvalue weighted by atomic mass is 32.2. The molecule has 0 bridgehead atoms. The van der Waals surface area contributed by atoms with E-state index < -0.39 is 10.0 Å². The smallest absolute Gasteiger partial charge is 0.240 e. The van der Waals surface area contributed by atoms with Gasteiger partial charge in [-0.1, -0.05) is 18.8 Å². The summed E-state index contributed by atoms with van der Waals surface area (Å²) in [6.45, 7) is 5.61. The molecule has 2 N–H and O–H groups in total. The van der Waals surface area contributed by atoms with Gasteiger partial charge in [-0.05, 0) is 44.0 Å². The third-order valence-electron chi connectivity index (χ3n) is 2.94. The van der Waals surface area contributed by atoms with Gasteiger partial charge in [0.15, 0.2) is 0 Å². The molecule has 5 heteroatoms. The maximum absolute atomic E-state index is 12.1. The first kappa shape index (κ1) is 16.7. The Bertz CT molecular complexity index is 612. The number of aliphatic hydroxyl groups is 1. The van der Waals surface area contributed by atoms with Crippen LogP contribution < -0.4 is 4.72 Å². The van der Waals surface area contributed by atoms with Crippen molar-refractivity contribution in [3.05, 3.63) is 29.3 Å². The van der Waals surface area contributed by atoms with Crippen molar-refractivity contribution in [1.29, 1.82) is 0 Å². The van der Waals surface area contributed by atoms with E-state index in [0.29, 0.717) is 6.42 Å². The molecule has 1 atom stereocenters. The average molecular weight is 295 g/mol. The van der Waals surface area contributed by atoms with Crippen molar-refractivity contribution in [1.82, 2.24) is 4.72 Å². The quantitative estimate of drug-likeness (QED) is 0.814. The third kappa shape index (κ3) is 4.64. The van der Waals surface area contributed by atoms with Crippen LogP contribution in [0.4, 0.5) is 0 Å². The zero-order valence-electron chi connectivity index (χ0n) is 12.1. The molecule has 0 aliphatic rings. The molecule has 1 aromatic rings. The Hall–Kier alpha value is -1.35. The highest BCUT2D eigenvalue weighted by molar-refractivity contribution is 7.89. The van der Waals surface area contributed by atoms with Crippen molar-refractivity contribution >= 4 is 10.0 Å². The molecule has 0 aliphatic carbocycles. The summed E-state index contributed by atoms with van der Waals surface area (Å²) < 4.78 is 26.9. The lowest BCUT2D eigenvalue weighted by atomic mass is 10.1. The van der Waals surface area contributed by atoms with Crippen molar-refractivity contribution in [2.75, 3.05) is 6.61 Å². The molecule has 0 heterocycles. The number of hydrogen-bond donors (Lipinski definition) is 2. The molecule has 0 aromatic heterocycles. The first-order valence-corrected chi connectivity index (χ1v) is 8.11. The van der Waals surface area contributed by atoms with Gasteiger partial charge in [-0.2, -0.15) is 0 Å². The maximum Gasteiger partial charge on any atom is 0.240 e. The van der Waals surface area contributed by atoms with E-state index in [9.17, 15) is 8.42 Å². The summed E-state index contributed by atoms with van der Waals surface area (Å²) in [5, 5.41) is 8.68. The van der Waals surface area contributed by atoms with Crippen LogP contribution in [0, 0.1) is 18.8 Å². The highest BCUT2D eigenvalue weighted by Gasteiger charge is 2.16. The van der Waals surface area contributed by atoms with Crippen molar-refractivity contribution < 1.29 is 13.5 Å². The molecule has 0 aliphatic heterocycles. The van der Waals surface area contributed by atoms with Gasteiger partial charge >= 0.3 is 0 Å². The van der Waals surface area contributed by atoms with Gasteiger partial charge in [0.1, 0.15) is 0 Å². The molecule has 1 rings (SSSR count). The molecule has 20 heavy (non-hydrogen) atoms. The van der Waals surface area contributed by atoms with Gasteiger partial charge in [-0.15, -0.1) is 0 Å². The highest BCUT2D eigenvalue weighted by Crippen LogP contribution is 2.15. The summed E-state index contributed by atoms with van der Waals surface area (Å²) >= 11 is 0. The van der Waals surface area contributed by atoms with Crippen LogP contribution in [0.15, 0.2) is 23.1 Å². The van der Waals surface area contributed by atoms with Crippen LogP contribution in [-0.2, 0) is 10.0 Å². The minimum Gasteiger partial charge on any atom is -0.395 e. The van der Waals surface area contributed by atoms with E-state index >= 15 is 0 Å². The van der Waals surface area contributed by atoms with E-state index in [2.05, 4.69) is 16.6 Å². The molecule has 0 saturated heterocycles. The largest absolute Gasteiger partial charge is 0.395 e. The molecule has 4 nitrogen and oxygen atoms in total. The van der Waals surface area contributed by atoms with Crippen molar-refractivity contribution in [3.8, 4) is 11.8 Å². The van der Waals surface area contributed by atoms with Crippen LogP contribution in [0.25, 0.3) is 0 Å². The Morgan fingerprint density at radius 1 is 1.40 bits per heavy atom. The van der Waals surface area contributed by atoms with Gasteiger partial charge in [0.25, 0.3) is 0 Å². The number of sulfonamides is 1. The monoisotopic (exact) mass is 295 g/mol. The van der Waals surface area contributed by atoms with Crippen LogP contribution in [0.1, 0.15) is 37.8 Å². The standard InChI is InChI=1S/C15H21NO3S/c1-4-13(3)16-20(18,19)15-9-8-14(12(2)11-15)7-5-6-10-17/h8-9,11,13,16-17H,4,6,10H2,1-3H3. The molecule has 110 valence electrons. The molecular formula is C15H21NO3S. The van der Waals surface area contributed by atoms with Crippen molar-refractivity contribution in [2.45, 2.75) is 44.6 Å². The van der Waals surface area contributed by atoms with Gasteiger partial charge < -0.3 is 5.11 Å². The van der Waals surface area contributed by atoms with Crippen molar-refractivity contribution in [2.24, 2.45) is 0 Å². The fraction of sp³-hybridized carbons (Fsp3) is 0.467. The number of aliphatic hydroxyl groups excluding tert-OH is 1. The third-order valence-corrected chi connectivity index (χ3v) is 4.52. The number of rotatable bonds is 5. The zero-order chi connectivity index (χ0) is 15.2. The normalized spacial score (nSPS) is 12.6. The lowest BCUT2D eigenvalue weighted by Gasteiger charge is -2.12. The number of aryl methyl sites for hydroxylation is 1. The summed E-state index contributed by atoms with van der Waals surface area (Å²) in [7, 11) is -3.47. The van der Waals surface area contributed by atoms with E-state index in [1.54, 1.807) is 18.2 Å². The van der Waals surface area contributed by atoms with Gasteiger partial charge in [0.05, 0.1) is 11.5 Å². The van der Waals surface area contributed by atoms with Crippen LogP contribution in [0.5, 0.6) is 0 Å². The van der Waals surface area contributed by atoms with Crippen molar-refractivity contribution in [3.63, 3.8) is 0 Å². The lowest BCUT2D eigenvalue weighted by molar-refractivity contribution is 0.305. The Kier molecular flexibility index (Phi) is 6.21. The first-order chi connectivity index (χ1) is 9.40. The molecule has 0 radical (unpaired) electrons. The Balaban J connectivity index is 3.01. The summed E-state index contributed by atoms with van der Waals surface area (Å²) in [6.07, 6.45) is 1.15. The van der Waals surface area contributed by atoms with Gasteiger partial charge in [0, 0.05) is 18.0 Å². The number of nitrogens with one attached hydrogen (secondary N) is 1. The fourth-order valence-electron chi connectivity index (χ4n) is 1.57. The predicted molar refractivity (Wildman–Crippen MR) is 79.8 cm³/mol. The predicted octanol–water partition coefficient (Wildman–Crippen LogP) is 1.81. The summed E-state index contributed by atoms with van der Waals surface area (Å²) in [5.74, 6) is 5.75. The Morgan fingerprint density at radius 2 is 2.10 bits per heavy atom. The summed E-state index contributed by atoms with van der Waals surface area (Å²) in [4.78, 5) is 0.253. The van der Waals surface area contributed by atoms with E-state index in [1.165, 1.54) is 0 Å². The van der Waals surface area contributed by atoms with Gasteiger partial charge in [-0.3, -0.25) is 0 Å². The fourth-order valence-corrected chi connectivity index (χ4v) is 2.99. The summed E-state index contributed by atoms with van der Waals surface area (Å²) in [5.41, 5.74) is 1.59. The first-order valence-electron chi connectivity index (χ1n) is 6.63. The maximum atomic E-state index is 12.1. The minimum atomic E-state index is -3.47. The minimum absolute atomic E-state index is 0.0251. The second kappa shape index (κ2) is 7.44. The SMILES string of the molecule is CCC(C)NS(=O)(=O)c1ccc(C#CCCO)c(C)c1. The molecule has 0 spiro atoms. The van der Waals surface area contributed by atoms with E-state index in [0.717, 1.165) is 17.5 Å². The van der Waals surface area contributed by atoms with Crippen LogP contribution in [0.3, 0.4) is 0 Å². The lowest BCUT2D eigenvalue weighted by Crippen LogP contribution is -2.32. The number of benzene rings is 1. The zero-order valence-corrected chi connectivity index (χ0v) is 12.9. The van der Waals surface area contributed by atoms with Gasteiger partial charge in [0.2, 0.25) is 10.0 Å². The van der Waals surface area contributed by atoms with E-state index in [-0.39, 0.29) is 17.5 Å². The molecule has 1 unspecified atom stereocenters. The summed E-state index contributed by atoms with van der Waals surface area (Å²) in [6, 6.07) is 4.78. The van der Waals surface area contributed by atoms with E-state index in [4.69, 9.17) is 5.11 Å².